The molecule has 2 amide bonds. The summed E-state index contributed by atoms with van der Waals surface area (Å²) >= 11 is 0. The molecule has 18 heavy (non-hydrogen) atoms. The average molecular weight is 245 g/mol. The van der Waals surface area contributed by atoms with E-state index >= 15 is 0 Å². The second kappa shape index (κ2) is 4.70. The summed E-state index contributed by atoms with van der Waals surface area (Å²) in [6.07, 6.45) is 1.21. The fourth-order valence-corrected chi connectivity index (χ4v) is 1.43. The number of nitrogens with zero attached hydrogens (tertiary/aromatic N) is 1. The number of carbonyl (C=O) groups is 2. The lowest BCUT2D eigenvalue weighted by Gasteiger charge is -2.03. The zero-order chi connectivity index (χ0) is 13.1. The van der Waals surface area contributed by atoms with Crippen LogP contribution in [-0.4, -0.2) is 16.8 Å². The summed E-state index contributed by atoms with van der Waals surface area (Å²) in [6.45, 7) is 1.68. The molecule has 1 aromatic heterocycles. The van der Waals surface area contributed by atoms with Gasteiger partial charge in [-0.15, -0.1) is 0 Å². The second-order valence-electron chi connectivity index (χ2n) is 3.66. The van der Waals surface area contributed by atoms with Gasteiger partial charge in [-0.3, -0.25) is 9.59 Å². The number of benzene rings is 1. The molecule has 2 aromatic rings. The van der Waals surface area contributed by atoms with Crippen molar-refractivity contribution in [2.24, 2.45) is 5.73 Å². The van der Waals surface area contributed by atoms with Crippen molar-refractivity contribution in [2.45, 2.75) is 6.92 Å². The van der Waals surface area contributed by atoms with Gasteiger partial charge in [0.1, 0.15) is 0 Å². The minimum atomic E-state index is -0.515. The van der Waals surface area contributed by atoms with Crippen LogP contribution in [0.3, 0.4) is 0 Å². The molecular formula is C12H11N3O3. The minimum absolute atomic E-state index is 0.161. The van der Waals surface area contributed by atoms with E-state index in [1.807, 2.05) is 0 Å². The molecule has 1 aromatic carbocycles. The Kier molecular flexibility index (Phi) is 3.09. The Hall–Kier alpha value is -2.63. The van der Waals surface area contributed by atoms with Gasteiger partial charge in [-0.25, -0.2) is 4.98 Å². The second-order valence-corrected chi connectivity index (χ2v) is 3.66. The number of hydrogen-bond donors (Lipinski definition) is 2. The maximum atomic E-state index is 11.8. The van der Waals surface area contributed by atoms with Crippen molar-refractivity contribution in [3.63, 3.8) is 0 Å². The Morgan fingerprint density at radius 1 is 1.28 bits per heavy atom. The van der Waals surface area contributed by atoms with E-state index in [4.69, 9.17) is 10.2 Å². The van der Waals surface area contributed by atoms with E-state index in [0.29, 0.717) is 16.9 Å². The smallest absolute Gasteiger partial charge is 0.293 e. The van der Waals surface area contributed by atoms with E-state index in [1.54, 1.807) is 19.1 Å². The van der Waals surface area contributed by atoms with Crippen LogP contribution in [0.1, 0.15) is 26.6 Å². The monoisotopic (exact) mass is 245 g/mol. The summed E-state index contributed by atoms with van der Waals surface area (Å²) in [6, 6.07) is 6.24. The van der Waals surface area contributed by atoms with E-state index in [9.17, 15) is 9.59 Å². The number of anilines is 1. The highest BCUT2D eigenvalue weighted by atomic mass is 16.3. The predicted molar refractivity (Wildman–Crippen MR) is 64.2 cm³/mol. The number of primary amides is 1. The summed E-state index contributed by atoms with van der Waals surface area (Å²) in [5.41, 5.74) is 6.55. The molecular weight excluding hydrogens is 234 g/mol. The molecule has 0 saturated heterocycles. The largest absolute Gasteiger partial charge is 0.438 e. The predicted octanol–water partition coefficient (Wildman–Crippen LogP) is 1.33. The van der Waals surface area contributed by atoms with Gasteiger partial charge in [0.2, 0.25) is 11.7 Å². The fraction of sp³-hybridized carbons (Fsp3) is 0.0833. The lowest BCUT2D eigenvalue weighted by Crippen LogP contribution is -2.13. The molecule has 0 aliphatic heterocycles. The van der Waals surface area contributed by atoms with E-state index in [2.05, 4.69) is 10.3 Å². The van der Waals surface area contributed by atoms with Crippen LogP contribution in [0.4, 0.5) is 5.69 Å². The lowest BCUT2D eigenvalue weighted by molar-refractivity contribution is 0.0991. The first kappa shape index (κ1) is 11.8. The van der Waals surface area contributed by atoms with Crippen molar-refractivity contribution >= 4 is 17.5 Å². The first-order chi connectivity index (χ1) is 8.58. The number of hydrogen-bond acceptors (Lipinski definition) is 4. The Labute approximate surface area is 103 Å². The molecule has 0 saturated carbocycles. The van der Waals surface area contributed by atoms with Gasteiger partial charge in [-0.2, -0.15) is 0 Å². The zero-order valence-electron chi connectivity index (χ0n) is 9.64. The maximum absolute atomic E-state index is 11.8. The molecule has 0 fully saturated rings. The van der Waals surface area contributed by atoms with Crippen LogP contribution in [0, 0.1) is 6.92 Å². The molecule has 0 atom stereocenters. The molecule has 6 nitrogen and oxygen atoms in total. The van der Waals surface area contributed by atoms with Crippen molar-refractivity contribution in [3.05, 3.63) is 47.7 Å². The highest BCUT2D eigenvalue weighted by Gasteiger charge is 2.13. The van der Waals surface area contributed by atoms with Crippen LogP contribution in [0.2, 0.25) is 0 Å². The highest BCUT2D eigenvalue weighted by Crippen LogP contribution is 2.12. The third-order valence-electron chi connectivity index (χ3n) is 2.38. The first-order valence-corrected chi connectivity index (χ1v) is 5.19. The van der Waals surface area contributed by atoms with E-state index < -0.39 is 11.8 Å². The normalized spacial score (nSPS) is 10.1. The van der Waals surface area contributed by atoms with Gasteiger partial charge in [-0.05, 0) is 31.2 Å². The lowest BCUT2D eigenvalue weighted by atomic mass is 10.2. The summed E-state index contributed by atoms with van der Waals surface area (Å²) in [4.78, 5) is 26.5. The summed E-state index contributed by atoms with van der Waals surface area (Å²) in [7, 11) is 0. The summed E-state index contributed by atoms with van der Waals surface area (Å²) < 4.78 is 4.96. The van der Waals surface area contributed by atoms with Gasteiger partial charge >= 0.3 is 0 Å². The minimum Gasteiger partial charge on any atom is -0.438 e. The number of aromatic nitrogens is 1. The Morgan fingerprint density at radius 2 is 1.94 bits per heavy atom. The number of nitrogens with two attached hydrogens (primary N) is 1. The molecule has 0 bridgehead atoms. The highest BCUT2D eigenvalue weighted by molar-refractivity contribution is 6.03. The van der Waals surface area contributed by atoms with E-state index in [0.717, 1.165) is 0 Å². The van der Waals surface area contributed by atoms with Crippen molar-refractivity contribution in [2.75, 3.05) is 5.32 Å². The van der Waals surface area contributed by atoms with E-state index in [-0.39, 0.29) is 5.76 Å². The molecule has 6 heteroatoms. The van der Waals surface area contributed by atoms with Crippen LogP contribution in [0.5, 0.6) is 0 Å². The van der Waals surface area contributed by atoms with Crippen molar-refractivity contribution in [1.29, 1.82) is 0 Å². The molecule has 0 unspecified atom stereocenters. The van der Waals surface area contributed by atoms with Gasteiger partial charge in [-0.1, -0.05) is 0 Å². The van der Waals surface area contributed by atoms with Gasteiger partial charge in [0.05, 0.1) is 5.69 Å². The molecule has 0 aliphatic carbocycles. The number of oxazole rings is 1. The van der Waals surface area contributed by atoms with Gasteiger partial charge in [0.25, 0.3) is 5.91 Å². The summed E-state index contributed by atoms with van der Waals surface area (Å²) in [5.74, 6) is -0.746. The van der Waals surface area contributed by atoms with Crippen LogP contribution in [0.15, 0.2) is 35.1 Å². The van der Waals surface area contributed by atoms with Crippen molar-refractivity contribution < 1.29 is 14.0 Å². The SMILES string of the molecule is Cc1ncoc1C(=O)Nc1ccc(C(N)=O)cc1. The number of rotatable bonds is 3. The molecule has 0 spiro atoms. The number of aryl methyl sites for hydroxylation is 1. The quantitative estimate of drug-likeness (QED) is 0.852. The van der Waals surface area contributed by atoms with Crippen molar-refractivity contribution in [3.8, 4) is 0 Å². The average Bonchev–Trinajstić information content (AvgIpc) is 2.76. The number of carbonyl (C=O) groups excluding carboxylic acids is 2. The Bertz CT molecular complexity index is 587. The van der Waals surface area contributed by atoms with E-state index in [1.165, 1.54) is 18.5 Å². The van der Waals surface area contributed by atoms with Crippen LogP contribution >= 0.6 is 0 Å². The van der Waals surface area contributed by atoms with Crippen LogP contribution < -0.4 is 11.1 Å². The molecule has 2 rings (SSSR count). The molecule has 92 valence electrons. The Morgan fingerprint density at radius 3 is 2.44 bits per heavy atom. The van der Waals surface area contributed by atoms with Gasteiger partial charge in [0.15, 0.2) is 6.39 Å². The zero-order valence-corrected chi connectivity index (χ0v) is 9.64. The third kappa shape index (κ3) is 2.37. The van der Waals surface area contributed by atoms with Gasteiger partial charge < -0.3 is 15.5 Å². The standard InChI is InChI=1S/C12H11N3O3/c1-7-10(18-6-14-7)12(17)15-9-4-2-8(3-5-9)11(13)16/h2-6H,1H3,(H2,13,16)(H,15,17). The third-order valence-corrected chi connectivity index (χ3v) is 2.38. The van der Waals surface area contributed by atoms with Crippen LogP contribution in [-0.2, 0) is 0 Å². The molecule has 3 N–H and O–H groups in total. The first-order valence-electron chi connectivity index (χ1n) is 5.19. The topological polar surface area (TPSA) is 98.2 Å². The molecule has 0 radical (unpaired) electrons. The van der Waals surface area contributed by atoms with Gasteiger partial charge in [0, 0.05) is 11.3 Å². The van der Waals surface area contributed by atoms with Crippen LogP contribution in [0.25, 0.3) is 0 Å². The summed E-state index contributed by atoms with van der Waals surface area (Å²) in [5, 5.41) is 2.63. The molecule has 0 aliphatic rings. The van der Waals surface area contributed by atoms with Crippen molar-refractivity contribution in [1.82, 2.24) is 4.98 Å². The number of amides is 2. The molecule has 1 heterocycles. The Balaban J connectivity index is 2.13. The fourth-order valence-electron chi connectivity index (χ4n) is 1.43. The maximum Gasteiger partial charge on any atom is 0.293 e. The number of nitrogens with one attached hydrogen (secondary N) is 1.